The summed E-state index contributed by atoms with van der Waals surface area (Å²) in [5.74, 6) is 0.467. The standard InChI is InChI=1S/C30H34N6/c1-21(2)36-13-11-35(12-14-36)20-23-7-9-24(10-8-23)26-15-27(19-32-18-26)25-16-29(34-30(31)17-25)28-6-4-5-22(3)33-28/h4-10,15-19,21H,11-14,20H2,1-3H3,(H2,31,34). The molecule has 0 bridgehead atoms. The third-order valence-corrected chi connectivity index (χ3v) is 6.90. The number of pyridine rings is 3. The van der Waals surface area contributed by atoms with Crippen molar-refractivity contribution in [3.63, 3.8) is 0 Å². The van der Waals surface area contributed by atoms with E-state index in [-0.39, 0.29) is 0 Å². The van der Waals surface area contributed by atoms with Crippen molar-refractivity contribution in [2.45, 2.75) is 33.4 Å². The molecule has 6 nitrogen and oxygen atoms in total. The number of nitrogens with zero attached hydrogens (tertiary/aromatic N) is 5. The van der Waals surface area contributed by atoms with Crippen molar-refractivity contribution in [3.05, 3.63) is 84.3 Å². The Bertz CT molecular complexity index is 1320. The van der Waals surface area contributed by atoms with Gasteiger partial charge in [-0.3, -0.25) is 19.8 Å². The van der Waals surface area contributed by atoms with Gasteiger partial charge in [0, 0.05) is 68.0 Å². The van der Waals surface area contributed by atoms with E-state index in [1.807, 2.05) is 49.6 Å². The minimum atomic E-state index is 0.467. The van der Waals surface area contributed by atoms with E-state index in [9.17, 15) is 0 Å². The fourth-order valence-corrected chi connectivity index (χ4v) is 4.79. The highest BCUT2D eigenvalue weighted by Gasteiger charge is 2.18. The maximum atomic E-state index is 6.17. The topological polar surface area (TPSA) is 71.2 Å². The summed E-state index contributed by atoms with van der Waals surface area (Å²) in [5.41, 5.74) is 14.3. The molecule has 0 unspecified atom stereocenters. The zero-order valence-corrected chi connectivity index (χ0v) is 21.4. The average molecular weight is 479 g/mol. The minimum Gasteiger partial charge on any atom is -0.384 e. The SMILES string of the molecule is Cc1cccc(-c2cc(-c3cncc(-c4ccc(CN5CCN(C(C)C)CC5)cc4)c3)cc(N)n2)n1. The normalized spacial score (nSPS) is 14.9. The number of nitrogen functional groups attached to an aromatic ring is 1. The van der Waals surface area contributed by atoms with Crippen LogP contribution in [0.25, 0.3) is 33.6 Å². The number of benzene rings is 1. The van der Waals surface area contributed by atoms with Crippen LogP contribution in [0.5, 0.6) is 0 Å². The predicted molar refractivity (Wildman–Crippen MR) is 147 cm³/mol. The van der Waals surface area contributed by atoms with Crippen LogP contribution in [-0.2, 0) is 6.54 Å². The second kappa shape index (κ2) is 10.6. The zero-order valence-electron chi connectivity index (χ0n) is 21.4. The molecule has 0 spiro atoms. The molecule has 1 aliphatic heterocycles. The Morgan fingerprint density at radius 3 is 2.19 bits per heavy atom. The molecular formula is C30H34N6. The van der Waals surface area contributed by atoms with Crippen LogP contribution in [0.4, 0.5) is 5.82 Å². The van der Waals surface area contributed by atoms with E-state index in [0.29, 0.717) is 11.9 Å². The lowest BCUT2D eigenvalue weighted by molar-refractivity contribution is 0.104. The molecular weight excluding hydrogens is 444 g/mol. The fourth-order valence-electron chi connectivity index (χ4n) is 4.79. The maximum Gasteiger partial charge on any atom is 0.124 e. The van der Waals surface area contributed by atoms with Crippen LogP contribution in [0.2, 0.25) is 0 Å². The maximum absolute atomic E-state index is 6.17. The quantitative estimate of drug-likeness (QED) is 0.406. The number of aromatic nitrogens is 3. The average Bonchev–Trinajstić information content (AvgIpc) is 2.89. The van der Waals surface area contributed by atoms with E-state index in [0.717, 1.165) is 72.1 Å². The van der Waals surface area contributed by atoms with Crippen LogP contribution in [-0.4, -0.2) is 57.0 Å². The summed E-state index contributed by atoms with van der Waals surface area (Å²) >= 11 is 0. The first-order chi connectivity index (χ1) is 17.4. The second-order valence-corrected chi connectivity index (χ2v) is 9.90. The predicted octanol–water partition coefficient (Wildman–Crippen LogP) is 5.29. The number of piperazine rings is 1. The van der Waals surface area contributed by atoms with Crippen molar-refractivity contribution in [1.29, 1.82) is 0 Å². The Morgan fingerprint density at radius 1 is 0.778 bits per heavy atom. The fraction of sp³-hybridized carbons (Fsp3) is 0.300. The largest absolute Gasteiger partial charge is 0.384 e. The zero-order chi connectivity index (χ0) is 25.1. The van der Waals surface area contributed by atoms with Gasteiger partial charge in [0.05, 0.1) is 11.4 Å². The molecule has 36 heavy (non-hydrogen) atoms. The number of nitrogens with two attached hydrogens (primary N) is 1. The number of hydrogen-bond donors (Lipinski definition) is 1. The van der Waals surface area contributed by atoms with Crippen molar-refractivity contribution in [3.8, 4) is 33.6 Å². The molecule has 2 N–H and O–H groups in total. The summed E-state index contributed by atoms with van der Waals surface area (Å²) in [6.07, 6.45) is 3.79. The summed E-state index contributed by atoms with van der Waals surface area (Å²) in [6.45, 7) is 12.1. The molecule has 0 aliphatic carbocycles. The molecule has 184 valence electrons. The molecule has 1 saturated heterocycles. The summed E-state index contributed by atoms with van der Waals surface area (Å²) in [4.78, 5) is 18.7. The first kappa shape index (κ1) is 24.1. The first-order valence-electron chi connectivity index (χ1n) is 12.7. The van der Waals surface area contributed by atoms with Crippen molar-refractivity contribution in [2.75, 3.05) is 31.9 Å². The third kappa shape index (κ3) is 5.61. The van der Waals surface area contributed by atoms with Crippen molar-refractivity contribution in [2.24, 2.45) is 0 Å². The molecule has 4 heterocycles. The van der Waals surface area contributed by atoms with Gasteiger partial charge >= 0.3 is 0 Å². The van der Waals surface area contributed by atoms with E-state index in [1.54, 1.807) is 0 Å². The molecule has 3 aromatic heterocycles. The van der Waals surface area contributed by atoms with Gasteiger partial charge in [0.15, 0.2) is 0 Å². The molecule has 1 aliphatic rings. The molecule has 0 saturated carbocycles. The van der Waals surface area contributed by atoms with Crippen LogP contribution in [0.1, 0.15) is 25.1 Å². The highest BCUT2D eigenvalue weighted by Crippen LogP contribution is 2.29. The van der Waals surface area contributed by atoms with Crippen LogP contribution in [0.15, 0.2) is 73.1 Å². The Balaban J connectivity index is 1.33. The number of hydrogen-bond acceptors (Lipinski definition) is 6. The van der Waals surface area contributed by atoms with E-state index < -0.39 is 0 Å². The van der Waals surface area contributed by atoms with Crippen LogP contribution >= 0.6 is 0 Å². The van der Waals surface area contributed by atoms with Gasteiger partial charge < -0.3 is 5.73 Å². The van der Waals surface area contributed by atoms with Crippen LogP contribution < -0.4 is 5.73 Å². The number of anilines is 1. The van der Waals surface area contributed by atoms with Crippen LogP contribution in [0, 0.1) is 6.92 Å². The molecule has 0 radical (unpaired) electrons. The summed E-state index contributed by atoms with van der Waals surface area (Å²) in [6, 6.07) is 21.5. The molecule has 6 heteroatoms. The summed E-state index contributed by atoms with van der Waals surface area (Å²) in [5, 5.41) is 0. The summed E-state index contributed by atoms with van der Waals surface area (Å²) in [7, 11) is 0. The lowest BCUT2D eigenvalue weighted by Gasteiger charge is -2.36. The van der Waals surface area contributed by atoms with Crippen molar-refractivity contribution >= 4 is 5.82 Å². The molecule has 1 aromatic carbocycles. The Morgan fingerprint density at radius 2 is 1.50 bits per heavy atom. The molecule has 5 rings (SSSR count). The minimum absolute atomic E-state index is 0.467. The lowest BCUT2D eigenvalue weighted by Crippen LogP contribution is -2.48. The monoisotopic (exact) mass is 478 g/mol. The van der Waals surface area contributed by atoms with Gasteiger partial charge in [-0.25, -0.2) is 4.98 Å². The van der Waals surface area contributed by atoms with Gasteiger partial charge in [0.2, 0.25) is 0 Å². The number of aryl methyl sites for hydroxylation is 1. The molecule has 0 atom stereocenters. The Kier molecular flexibility index (Phi) is 7.07. The van der Waals surface area contributed by atoms with E-state index in [2.05, 4.69) is 68.9 Å². The lowest BCUT2D eigenvalue weighted by atomic mass is 10.0. The van der Waals surface area contributed by atoms with Crippen LogP contribution in [0.3, 0.4) is 0 Å². The Hall–Kier alpha value is -3.61. The first-order valence-corrected chi connectivity index (χ1v) is 12.7. The van der Waals surface area contributed by atoms with E-state index >= 15 is 0 Å². The molecule has 4 aromatic rings. The Labute approximate surface area is 213 Å². The summed E-state index contributed by atoms with van der Waals surface area (Å²) < 4.78 is 0. The molecule has 0 amide bonds. The van der Waals surface area contributed by atoms with Gasteiger partial charge in [-0.05, 0) is 67.8 Å². The van der Waals surface area contributed by atoms with E-state index in [1.165, 1.54) is 5.56 Å². The van der Waals surface area contributed by atoms with Gasteiger partial charge in [-0.2, -0.15) is 0 Å². The van der Waals surface area contributed by atoms with Gasteiger partial charge in [0.1, 0.15) is 5.82 Å². The van der Waals surface area contributed by atoms with Crippen molar-refractivity contribution < 1.29 is 0 Å². The second-order valence-electron chi connectivity index (χ2n) is 9.90. The van der Waals surface area contributed by atoms with Gasteiger partial charge in [-0.1, -0.05) is 30.3 Å². The molecule has 1 fully saturated rings. The third-order valence-electron chi connectivity index (χ3n) is 6.90. The van der Waals surface area contributed by atoms with Gasteiger partial charge in [0.25, 0.3) is 0 Å². The van der Waals surface area contributed by atoms with E-state index in [4.69, 9.17) is 5.73 Å². The smallest absolute Gasteiger partial charge is 0.124 e. The van der Waals surface area contributed by atoms with Gasteiger partial charge in [-0.15, -0.1) is 0 Å². The number of rotatable bonds is 6. The highest BCUT2D eigenvalue weighted by atomic mass is 15.3. The van der Waals surface area contributed by atoms with Crippen molar-refractivity contribution in [1.82, 2.24) is 24.8 Å². The highest BCUT2D eigenvalue weighted by molar-refractivity contribution is 5.75.